The topological polar surface area (TPSA) is 40.6 Å². The molecular formula is C19H17ClN2O2. The van der Waals surface area contributed by atoms with Gasteiger partial charge >= 0.3 is 0 Å². The normalized spacial score (nSPS) is 22.3. The number of carbonyl (C=O) groups is 2. The second kappa shape index (κ2) is 5.35. The molecule has 1 saturated heterocycles. The summed E-state index contributed by atoms with van der Waals surface area (Å²) < 4.78 is 0. The van der Waals surface area contributed by atoms with Crippen LogP contribution in [0.4, 0.5) is 0 Å². The van der Waals surface area contributed by atoms with Crippen LogP contribution in [-0.4, -0.2) is 34.7 Å². The zero-order chi connectivity index (χ0) is 16.9. The van der Waals surface area contributed by atoms with Crippen molar-refractivity contribution in [1.82, 2.24) is 9.80 Å². The van der Waals surface area contributed by atoms with Crippen molar-refractivity contribution >= 4 is 23.4 Å². The SMILES string of the molecule is CC(=O)N1CCN2C(=O)c3ccccc3CC12c1ccc(Cl)cc1. The lowest BCUT2D eigenvalue weighted by molar-refractivity contribution is -0.136. The number of hydrogen-bond donors (Lipinski definition) is 0. The van der Waals surface area contributed by atoms with Gasteiger partial charge in [0, 0.05) is 37.0 Å². The highest BCUT2D eigenvalue weighted by Crippen LogP contribution is 2.44. The minimum atomic E-state index is -0.762. The van der Waals surface area contributed by atoms with E-state index in [0.29, 0.717) is 24.5 Å². The van der Waals surface area contributed by atoms with Crippen LogP contribution in [0.1, 0.15) is 28.4 Å². The van der Waals surface area contributed by atoms with Gasteiger partial charge in [-0.05, 0) is 29.3 Å². The Balaban J connectivity index is 1.95. The van der Waals surface area contributed by atoms with Crippen LogP contribution in [0.15, 0.2) is 48.5 Å². The quantitative estimate of drug-likeness (QED) is 0.800. The van der Waals surface area contributed by atoms with E-state index in [0.717, 1.165) is 16.7 Å². The van der Waals surface area contributed by atoms with Gasteiger partial charge in [0.15, 0.2) is 0 Å². The van der Waals surface area contributed by atoms with Crippen LogP contribution < -0.4 is 0 Å². The molecule has 2 aromatic rings. The molecule has 0 N–H and O–H groups in total. The highest BCUT2D eigenvalue weighted by Gasteiger charge is 2.54. The summed E-state index contributed by atoms with van der Waals surface area (Å²) in [5, 5.41) is 0.636. The van der Waals surface area contributed by atoms with Gasteiger partial charge < -0.3 is 9.80 Å². The van der Waals surface area contributed by atoms with E-state index in [4.69, 9.17) is 11.6 Å². The lowest BCUT2D eigenvalue weighted by atomic mass is 9.84. The molecule has 4 nitrogen and oxygen atoms in total. The predicted molar refractivity (Wildman–Crippen MR) is 91.7 cm³/mol. The summed E-state index contributed by atoms with van der Waals surface area (Å²) >= 11 is 6.04. The molecule has 0 spiro atoms. The van der Waals surface area contributed by atoms with Crippen LogP contribution in [-0.2, 0) is 16.9 Å². The maximum absolute atomic E-state index is 13.1. The van der Waals surface area contributed by atoms with Gasteiger partial charge in [-0.3, -0.25) is 9.59 Å². The Labute approximate surface area is 145 Å². The number of fused-ring (bicyclic) bond motifs is 2. The van der Waals surface area contributed by atoms with E-state index in [9.17, 15) is 9.59 Å². The fourth-order valence-corrected chi connectivity index (χ4v) is 4.14. The van der Waals surface area contributed by atoms with E-state index >= 15 is 0 Å². The van der Waals surface area contributed by atoms with E-state index in [1.807, 2.05) is 58.3 Å². The standard InChI is InChI=1S/C19H17ClN2O2/c1-13(23)21-10-11-22-18(24)17-5-3-2-4-14(17)12-19(21,22)15-6-8-16(20)9-7-15/h2-9H,10-12H2,1H3. The average molecular weight is 341 g/mol. The van der Waals surface area contributed by atoms with Crippen LogP contribution in [0.25, 0.3) is 0 Å². The van der Waals surface area contributed by atoms with Crippen molar-refractivity contribution in [2.75, 3.05) is 13.1 Å². The Kier molecular flexibility index (Phi) is 3.39. The molecular weight excluding hydrogens is 324 g/mol. The molecule has 122 valence electrons. The monoisotopic (exact) mass is 340 g/mol. The van der Waals surface area contributed by atoms with Crippen molar-refractivity contribution in [2.24, 2.45) is 0 Å². The van der Waals surface area contributed by atoms with Crippen molar-refractivity contribution in [3.8, 4) is 0 Å². The van der Waals surface area contributed by atoms with Gasteiger partial charge in [-0.25, -0.2) is 0 Å². The lowest BCUT2D eigenvalue weighted by Gasteiger charge is -2.47. The first-order chi connectivity index (χ1) is 11.5. The Morgan fingerprint density at radius 2 is 1.79 bits per heavy atom. The van der Waals surface area contributed by atoms with Crippen molar-refractivity contribution in [3.63, 3.8) is 0 Å². The van der Waals surface area contributed by atoms with Crippen molar-refractivity contribution in [2.45, 2.75) is 19.0 Å². The summed E-state index contributed by atoms with van der Waals surface area (Å²) in [4.78, 5) is 29.0. The highest BCUT2D eigenvalue weighted by molar-refractivity contribution is 6.30. The molecule has 2 aliphatic rings. The van der Waals surface area contributed by atoms with Crippen molar-refractivity contribution < 1.29 is 9.59 Å². The Bertz CT molecular complexity index is 834. The van der Waals surface area contributed by atoms with Crippen molar-refractivity contribution in [3.05, 3.63) is 70.2 Å². The molecule has 0 bridgehead atoms. The molecule has 1 atom stereocenters. The zero-order valence-electron chi connectivity index (χ0n) is 13.3. The van der Waals surface area contributed by atoms with E-state index in [-0.39, 0.29) is 11.8 Å². The lowest BCUT2D eigenvalue weighted by Crippen LogP contribution is -2.58. The summed E-state index contributed by atoms with van der Waals surface area (Å²) in [5.41, 5.74) is 1.86. The molecule has 0 radical (unpaired) electrons. The Morgan fingerprint density at radius 3 is 2.50 bits per heavy atom. The molecule has 0 aliphatic carbocycles. The summed E-state index contributed by atoms with van der Waals surface area (Å²) in [5.74, 6) is -0.0461. The van der Waals surface area contributed by atoms with E-state index in [1.54, 1.807) is 6.92 Å². The minimum absolute atomic E-state index is 0.0180. The molecule has 2 amide bonds. The van der Waals surface area contributed by atoms with Crippen LogP contribution in [0.3, 0.4) is 0 Å². The van der Waals surface area contributed by atoms with Gasteiger partial charge in [-0.2, -0.15) is 0 Å². The molecule has 1 unspecified atom stereocenters. The molecule has 2 heterocycles. The maximum atomic E-state index is 13.1. The first-order valence-corrected chi connectivity index (χ1v) is 8.36. The van der Waals surface area contributed by atoms with Crippen LogP contribution in [0.2, 0.25) is 5.02 Å². The highest BCUT2D eigenvalue weighted by atomic mass is 35.5. The molecule has 0 aromatic heterocycles. The maximum Gasteiger partial charge on any atom is 0.256 e. The number of amides is 2. The number of carbonyl (C=O) groups excluding carboxylic acids is 2. The van der Waals surface area contributed by atoms with Gasteiger partial charge in [0.1, 0.15) is 5.66 Å². The molecule has 2 aromatic carbocycles. The number of nitrogens with zero attached hydrogens (tertiary/aromatic N) is 2. The van der Waals surface area contributed by atoms with Gasteiger partial charge in [0.05, 0.1) is 0 Å². The molecule has 0 saturated carbocycles. The Hall–Kier alpha value is -2.33. The minimum Gasteiger partial charge on any atom is -0.314 e. The molecule has 4 rings (SSSR count). The van der Waals surface area contributed by atoms with Gasteiger partial charge in [0.25, 0.3) is 5.91 Å². The number of rotatable bonds is 1. The molecule has 5 heteroatoms. The van der Waals surface area contributed by atoms with Gasteiger partial charge in [0.2, 0.25) is 5.91 Å². The second-order valence-electron chi connectivity index (χ2n) is 6.28. The molecule has 2 aliphatic heterocycles. The van der Waals surface area contributed by atoms with E-state index in [1.165, 1.54) is 0 Å². The largest absolute Gasteiger partial charge is 0.314 e. The summed E-state index contributed by atoms with van der Waals surface area (Å²) in [6, 6.07) is 15.1. The fourth-order valence-electron chi connectivity index (χ4n) is 4.02. The van der Waals surface area contributed by atoms with Crippen molar-refractivity contribution in [1.29, 1.82) is 0 Å². The van der Waals surface area contributed by atoms with Gasteiger partial charge in [-0.1, -0.05) is 41.9 Å². The third-order valence-corrected chi connectivity index (χ3v) is 5.31. The molecule has 24 heavy (non-hydrogen) atoms. The third kappa shape index (κ3) is 1.99. The predicted octanol–water partition coefficient (Wildman–Crippen LogP) is 3.05. The molecule has 1 fully saturated rings. The summed E-state index contributed by atoms with van der Waals surface area (Å²) in [6.07, 6.45) is 0.593. The van der Waals surface area contributed by atoms with Crippen LogP contribution in [0.5, 0.6) is 0 Å². The first kappa shape index (κ1) is 15.2. The smallest absolute Gasteiger partial charge is 0.256 e. The summed E-state index contributed by atoms with van der Waals surface area (Å²) in [6.45, 7) is 2.64. The van der Waals surface area contributed by atoms with E-state index in [2.05, 4.69) is 0 Å². The zero-order valence-corrected chi connectivity index (χ0v) is 14.1. The number of halogens is 1. The van der Waals surface area contributed by atoms with Crippen LogP contribution >= 0.6 is 11.6 Å². The fraction of sp³-hybridized carbons (Fsp3) is 0.263. The summed E-state index contributed by atoms with van der Waals surface area (Å²) in [7, 11) is 0. The van der Waals surface area contributed by atoms with Gasteiger partial charge in [-0.15, -0.1) is 0 Å². The number of hydrogen-bond acceptors (Lipinski definition) is 2. The third-order valence-electron chi connectivity index (χ3n) is 5.06. The first-order valence-electron chi connectivity index (χ1n) is 7.98. The van der Waals surface area contributed by atoms with Crippen LogP contribution in [0, 0.1) is 0 Å². The second-order valence-corrected chi connectivity index (χ2v) is 6.72. The average Bonchev–Trinajstić information content (AvgIpc) is 2.96. The number of benzene rings is 2. The Morgan fingerprint density at radius 1 is 1.08 bits per heavy atom. The van der Waals surface area contributed by atoms with E-state index < -0.39 is 5.66 Å².